The van der Waals surface area contributed by atoms with Crippen molar-refractivity contribution in [3.8, 4) is 0 Å². The van der Waals surface area contributed by atoms with Gasteiger partial charge in [0.05, 0.1) is 18.1 Å². The highest BCUT2D eigenvalue weighted by atomic mass is 19.1. The van der Waals surface area contributed by atoms with Crippen LogP contribution in [0.3, 0.4) is 0 Å². The first kappa shape index (κ1) is 24.9. The molecule has 4 fully saturated rings. The predicted octanol–water partition coefficient (Wildman–Crippen LogP) is 2.35. The van der Waals surface area contributed by atoms with Crippen molar-refractivity contribution < 1.29 is 18.7 Å². The molecule has 0 bridgehead atoms. The van der Waals surface area contributed by atoms with E-state index in [4.69, 9.17) is 4.74 Å². The molecule has 8 heteroatoms. The topological polar surface area (TPSA) is 82.7 Å². The number of halogens is 1. The van der Waals surface area contributed by atoms with Crippen molar-refractivity contribution in [2.45, 2.75) is 88.8 Å². The largest absolute Gasteiger partial charge is 0.355 e. The quantitative estimate of drug-likeness (QED) is 0.455. The molecule has 3 heterocycles. The van der Waals surface area contributed by atoms with E-state index < -0.39 is 6.86 Å². The van der Waals surface area contributed by atoms with Gasteiger partial charge in [-0.3, -0.25) is 9.59 Å². The number of nitrogens with one attached hydrogen (secondary N) is 3. The fourth-order valence-electron chi connectivity index (χ4n) is 6.43. The zero-order chi connectivity index (χ0) is 23.0. The number of amides is 2. The van der Waals surface area contributed by atoms with Crippen LogP contribution in [0, 0.1) is 17.8 Å². The van der Waals surface area contributed by atoms with Crippen LogP contribution in [0.15, 0.2) is 0 Å². The van der Waals surface area contributed by atoms with Crippen molar-refractivity contribution in [2.24, 2.45) is 17.8 Å². The van der Waals surface area contributed by atoms with E-state index >= 15 is 0 Å². The van der Waals surface area contributed by atoms with E-state index in [0.717, 1.165) is 103 Å². The van der Waals surface area contributed by atoms with Crippen LogP contribution in [0.1, 0.15) is 70.6 Å². The summed E-state index contributed by atoms with van der Waals surface area (Å²) >= 11 is 0. The second-order valence-corrected chi connectivity index (χ2v) is 10.6. The van der Waals surface area contributed by atoms with Gasteiger partial charge in [-0.1, -0.05) is 25.7 Å². The normalized spacial score (nSPS) is 33.0. The van der Waals surface area contributed by atoms with Gasteiger partial charge in [-0.25, -0.2) is 4.39 Å². The van der Waals surface area contributed by atoms with Gasteiger partial charge in [0.2, 0.25) is 11.8 Å². The maximum absolute atomic E-state index is 13.0. The number of alkyl halides is 1. The molecule has 3 saturated heterocycles. The monoisotopic (exact) mass is 466 g/mol. The van der Waals surface area contributed by atoms with Crippen LogP contribution < -0.4 is 16.0 Å². The zero-order valence-electron chi connectivity index (χ0n) is 20.0. The molecule has 3 aliphatic heterocycles. The number of carbonyl (C=O) groups excluding carboxylic acids is 2. The molecule has 5 atom stereocenters. The number of fused-ring (bicyclic) bond motifs is 1. The maximum atomic E-state index is 13.0. The lowest BCUT2D eigenvalue weighted by Crippen LogP contribution is -2.46. The van der Waals surface area contributed by atoms with Crippen LogP contribution in [0.2, 0.25) is 0 Å². The molecule has 0 aromatic rings. The minimum absolute atomic E-state index is 0.0270. The van der Waals surface area contributed by atoms with Gasteiger partial charge in [0.1, 0.15) is 0 Å². The van der Waals surface area contributed by atoms with Gasteiger partial charge in [-0.15, -0.1) is 0 Å². The van der Waals surface area contributed by atoms with Crippen LogP contribution in [-0.2, 0) is 14.3 Å². The number of hydrogen-bond donors (Lipinski definition) is 3. The number of likely N-dealkylation sites (tertiary alicyclic amines) is 1. The molecule has 0 spiro atoms. The second-order valence-electron chi connectivity index (χ2n) is 10.6. The molecule has 0 aromatic carbocycles. The highest BCUT2D eigenvalue weighted by Gasteiger charge is 2.38. The third-order valence-corrected chi connectivity index (χ3v) is 8.44. The summed E-state index contributed by atoms with van der Waals surface area (Å²) < 4.78 is 17.9. The molecule has 1 saturated carbocycles. The van der Waals surface area contributed by atoms with Crippen LogP contribution in [0.4, 0.5) is 4.39 Å². The lowest BCUT2D eigenvalue weighted by Gasteiger charge is -2.37. The summed E-state index contributed by atoms with van der Waals surface area (Å²) in [5.74, 6) is 1.41. The van der Waals surface area contributed by atoms with E-state index in [9.17, 15) is 14.0 Å². The van der Waals surface area contributed by atoms with Gasteiger partial charge in [0.15, 0.2) is 6.86 Å². The number of ether oxygens (including phenoxy) is 1. The molecule has 2 amide bonds. The third kappa shape index (κ3) is 6.67. The Morgan fingerprint density at radius 1 is 1.06 bits per heavy atom. The summed E-state index contributed by atoms with van der Waals surface area (Å²) in [7, 11) is 0. The van der Waals surface area contributed by atoms with E-state index in [1.165, 1.54) is 0 Å². The molecule has 3 N–H and O–H groups in total. The summed E-state index contributed by atoms with van der Waals surface area (Å²) in [6.45, 7) is 3.64. The van der Waals surface area contributed by atoms with E-state index in [1.807, 2.05) is 4.90 Å². The number of rotatable bonds is 9. The molecule has 4 rings (SSSR count). The standard InChI is InChI=1S/C25H43FN4O3/c26-17-33-23-7-2-1-6-20(23)25(32)30-13-9-18(10-14-30)5-3-4-11-28-24(31)22-15-19-16-27-12-8-21(19)29-22/h18-23,27,29H,1-17H2,(H,28,31). The number of piperidine rings is 2. The van der Waals surface area contributed by atoms with E-state index in [0.29, 0.717) is 17.9 Å². The zero-order valence-corrected chi connectivity index (χ0v) is 20.0. The van der Waals surface area contributed by atoms with Crippen LogP contribution in [-0.4, -0.2) is 74.5 Å². The molecule has 33 heavy (non-hydrogen) atoms. The second kappa shape index (κ2) is 12.5. The molecule has 1 aliphatic carbocycles. The molecule has 7 nitrogen and oxygen atoms in total. The molecule has 0 aromatic heterocycles. The van der Waals surface area contributed by atoms with Crippen LogP contribution in [0.5, 0.6) is 0 Å². The van der Waals surface area contributed by atoms with Crippen molar-refractivity contribution in [1.82, 2.24) is 20.9 Å². The maximum Gasteiger partial charge on any atom is 0.237 e. The first-order valence-corrected chi connectivity index (χ1v) is 13.4. The van der Waals surface area contributed by atoms with Crippen molar-refractivity contribution in [1.29, 1.82) is 0 Å². The summed E-state index contributed by atoms with van der Waals surface area (Å²) in [5.41, 5.74) is 0. The van der Waals surface area contributed by atoms with E-state index in [-0.39, 0.29) is 29.9 Å². The lowest BCUT2D eigenvalue weighted by atomic mass is 9.84. The number of hydrogen-bond acceptors (Lipinski definition) is 5. The predicted molar refractivity (Wildman–Crippen MR) is 125 cm³/mol. The number of carbonyl (C=O) groups is 2. The van der Waals surface area contributed by atoms with Gasteiger partial charge in [0.25, 0.3) is 0 Å². The van der Waals surface area contributed by atoms with Crippen molar-refractivity contribution in [3.63, 3.8) is 0 Å². The Hall–Kier alpha value is -1.25. The Kier molecular flexibility index (Phi) is 9.38. The number of nitrogens with zero attached hydrogens (tertiary/aromatic N) is 1. The molecule has 188 valence electrons. The molecular formula is C25H43FN4O3. The minimum Gasteiger partial charge on any atom is -0.355 e. The Labute approximate surface area is 197 Å². The van der Waals surface area contributed by atoms with Gasteiger partial charge in [0, 0.05) is 25.7 Å². The molecular weight excluding hydrogens is 423 g/mol. The summed E-state index contributed by atoms with van der Waals surface area (Å²) in [4.78, 5) is 27.5. The van der Waals surface area contributed by atoms with Crippen molar-refractivity contribution in [2.75, 3.05) is 39.6 Å². The van der Waals surface area contributed by atoms with Crippen molar-refractivity contribution >= 4 is 11.8 Å². The Bertz CT molecular complexity index is 627. The van der Waals surface area contributed by atoms with Gasteiger partial charge < -0.3 is 25.6 Å². The average molecular weight is 467 g/mol. The lowest BCUT2D eigenvalue weighted by molar-refractivity contribution is -0.147. The molecule has 5 unspecified atom stereocenters. The van der Waals surface area contributed by atoms with E-state index in [1.54, 1.807) is 0 Å². The van der Waals surface area contributed by atoms with E-state index in [2.05, 4.69) is 16.0 Å². The summed E-state index contributed by atoms with van der Waals surface area (Å²) in [6, 6.07) is 0.473. The molecule has 0 radical (unpaired) electrons. The van der Waals surface area contributed by atoms with Gasteiger partial charge in [-0.05, 0) is 69.9 Å². The molecule has 4 aliphatic rings. The van der Waals surface area contributed by atoms with Crippen LogP contribution in [0.25, 0.3) is 0 Å². The van der Waals surface area contributed by atoms with Gasteiger partial charge in [-0.2, -0.15) is 0 Å². The Balaban J connectivity index is 1.07. The summed E-state index contributed by atoms with van der Waals surface area (Å²) in [6.07, 6.45) is 10.9. The van der Waals surface area contributed by atoms with Gasteiger partial charge >= 0.3 is 0 Å². The third-order valence-electron chi connectivity index (χ3n) is 8.44. The Morgan fingerprint density at radius 3 is 2.67 bits per heavy atom. The smallest absolute Gasteiger partial charge is 0.237 e. The van der Waals surface area contributed by atoms with Crippen LogP contribution >= 0.6 is 0 Å². The van der Waals surface area contributed by atoms with Crippen molar-refractivity contribution in [3.05, 3.63) is 0 Å². The SMILES string of the molecule is O=C(NCCCCC1CCN(C(=O)C2CCCCC2OCF)CC1)C1CC2CNCCC2N1. The first-order chi connectivity index (χ1) is 16.2. The fraction of sp³-hybridized carbons (Fsp3) is 0.920. The average Bonchev–Trinajstić information content (AvgIpc) is 3.29. The summed E-state index contributed by atoms with van der Waals surface area (Å²) in [5, 5.41) is 10.1. The Morgan fingerprint density at radius 2 is 1.88 bits per heavy atom. The highest BCUT2D eigenvalue weighted by molar-refractivity contribution is 5.82. The number of unbranched alkanes of at least 4 members (excludes halogenated alkanes) is 1. The minimum atomic E-state index is -0.799. The fourth-order valence-corrected chi connectivity index (χ4v) is 6.43. The first-order valence-electron chi connectivity index (χ1n) is 13.4. The highest BCUT2D eigenvalue weighted by Crippen LogP contribution is 2.31.